The van der Waals surface area contributed by atoms with E-state index in [9.17, 15) is 9.59 Å². The van der Waals surface area contributed by atoms with Crippen molar-refractivity contribution in [3.63, 3.8) is 0 Å². The van der Waals surface area contributed by atoms with Crippen molar-refractivity contribution >= 4 is 17.8 Å². The van der Waals surface area contributed by atoms with Gasteiger partial charge in [-0.1, -0.05) is 59.0 Å². The topological polar surface area (TPSA) is 61.8 Å². The summed E-state index contributed by atoms with van der Waals surface area (Å²) in [5.41, 5.74) is 1.14. The highest BCUT2D eigenvalue weighted by atomic mass is 16.2. The maximum atomic E-state index is 11.6. The minimum atomic E-state index is -0.392. The van der Waals surface area contributed by atoms with Crippen LogP contribution in [0.1, 0.15) is 73.1 Å². The molecule has 5 heteroatoms. The van der Waals surface area contributed by atoms with Gasteiger partial charge >= 0.3 is 6.03 Å². The molecule has 1 saturated heterocycles. The second-order valence-corrected chi connectivity index (χ2v) is 6.57. The van der Waals surface area contributed by atoms with Crippen LogP contribution in [0.3, 0.4) is 0 Å². The Kier molecular flexibility index (Phi) is 11.9. The van der Waals surface area contributed by atoms with Gasteiger partial charge in [-0.3, -0.25) is 20.0 Å². The van der Waals surface area contributed by atoms with E-state index < -0.39 is 6.03 Å². The average molecular weight is 338 g/mol. The first kappa shape index (κ1) is 22.4. The monoisotopic (exact) mass is 337 g/mol. The smallest absolute Gasteiger partial charge is 0.278 e. The van der Waals surface area contributed by atoms with Gasteiger partial charge in [0.2, 0.25) is 5.91 Å². The summed E-state index contributed by atoms with van der Waals surface area (Å²) in [6.07, 6.45) is 8.71. The number of carbonyl (C=O) groups excluding carboxylic acids is 2. The molecule has 0 radical (unpaired) electrons. The molecule has 0 aromatic heterocycles. The summed E-state index contributed by atoms with van der Waals surface area (Å²) in [5, 5.41) is 2.27. The van der Waals surface area contributed by atoms with Crippen LogP contribution in [0.4, 0.5) is 4.79 Å². The molecule has 138 valence electrons. The van der Waals surface area contributed by atoms with Crippen LogP contribution in [-0.2, 0) is 4.79 Å². The predicted molar refractivity (Wildman–Crippen MR) is 101 cm³/mol. The summed E-state index contributed by atoms with van der Waals surface area (Å²) >= 11 is 0. The van der Waals surface area contributed by atoms with Crippen LogP contribution in [0, 0.1) is 5.92 Å². The number of hydrogen-bond donors (Lipinski definition) is 1. The molecule has 3 amide bonds. The van der Waals surface area contributed by atoms with E-state index in [1.54, 1.807) is 7.05 Å². The molecule has 0 saturated carbocycles. The fourth-order valence-electron chi connectivity index (χ4n) is 2.17. The van der Waals surface area contributed by atoms with Crippen LogP contribution in [0.15, 0.2) is 16.6 Å². The van der Waals surface area contributed by atoms with E-state index in [0.717, 1.165) is 17.9 Å². The molecule has 0 bridgehead atoms. The summed E-state index contributed by atoms with van der Waals surface area (Å²) in [4.78, 5) is 28.1. The largest absolute Gasteiger partial charge is 0.329 e. The summed E-state index contributed by atoms with van der Waals surface area (Å²) in [6.45, 7) is 11.2. The Morgan fingerprint density at radius 2 is 1.96 bits per heavy atom. The molecule has 0 aromatic carbocycles. The van der Waals surface area contributed by atoms with E-state index in [-0.39, 0.29) is 5.91 Å². The van der Waals surface area contributed by atoms with Gasteiger partial charge in [0.25, 0.3) is 0 Å². The molecule has 0 spiro atoms. The molecule has 1 aliphatic heterocycles. The van der Waals surface area contributed by atoms with Gasteiger partial charge in [-0.15, -0.1) is 0 Å². The van der Waals surface area contributed by atoms with Gasteiger partial charge in [0, 0.05) is 20.0 Å². The SMILES string of the molecule is CC/C(C)=C/C(=NC)N1CCC(=O)NC1=O.CCCCCC(C)C. The van der Waals surface area contributed by atoms with Crippen molar-refractivity contribution in [1.29, 1.82) is 0 Å². The Hall–Kier alpha value is -1.65. The molecule has 1 rings (SSSR count). The number of aliphatic imine (C=N–C) groups is 1. The molecule has 0 aromatic rings. The quantitative estimate of drug-likeness (QED) is 0.439. The van der Waals surface area contributed by atoms with Crippen LogP contribution in [0.5, 0.6) is 0 Å². The predicted octanol–water partition coefficient (Wildman–Crippen LogP) is 4.54. The number of unbranched alkanes of at least 4 members (excludes halogenated alkanes) is 2. The van der Waals surface area contributed by atoms with Crippen molar-refractivity contribution in [2.24, 2.45) is 10.9 Å². The number of nitrogens with one attached hydrogen (secondary N) is 1. The van der Waals surface area contributed by atoms with Crippen LogP contribution in [0.25, 0.3) is 0 Å². The fraction of sp³-hybridized carbons (Fsp3) is 0.737. The number of imide groups is 1. The molecule has 1 aliphatic rings. The zero-order valence-corrected chi connectivity index (χ0v) is 16.3. The first-order valence-corrected chi connectivity index (χ1v) is 9.10. The number of amidine groups is 1. The molecular weight excluding hydrogens is 302 g/mol. The highest BCUT2D eigenvalue weighted by Gasteiger charge is 2.25. The number of nitrogens with zero attached hydrogens (tertiary/aromatic N) is 2. The second kappa shape index (κ2) is 12.7. The van der Waals surface area contributed by atoms with E-state index in [0.29, 0.717) is 18.8 Å². The molecule has 1 heterocycles. The van der Waals surface area contributed by atoms with Crippen LogP contribution in [0.2, 0.25) is 0 Å². The van der Waals surface area contributed by atoms with Crippen molar-refractivity contribution < 1.29 is 9.59 Å². The Morgan fingerprint density at radius 1 is 1.29 bits per heavy atom. The molecule has 0 atom stereocenters. The Morgan fingerprint density at radius 3 is 2.42 bits per heavy atom. The molecular formula is C19H35N3O2. The minimum Gasteiger partial charge on any atom is -0.278 e. The number of carbonyl (C=O) groups is 2. The van der Waals surface area contributed by atoms with E-state index in [4.69, 9.17) is 0 Å². The normalized spacial score (nSPS) is 16.0. The van der Waals surface area contributed by atoms with E-state index in [1.165, 1.54) is 30.6 Å². The van der Waals surface area contributed by atoms with Crippen LogP contribution >= 0.6 is 0 Å². The fourth-order valence-corrected chi connectivity index (χ4v) is 2.17. The number of amides is 3. The van der Waals surface area contributed by atoms with E-state index in [1.807, 2.05) is 19.9 Å². The molecule has 5 nitrogen and oxygen atoms in total. The summed E-state index contributed by atoms with van der Waals surface area (Å²) in [7, 11) is 1.64. The van der Waals surface area contributed by atoms with Gasteiger partial charge in [-0.25, -0.2) is 4.79 Å². The third-order valence-corrected chi connectivity index (χ3v) is 3.88. The maximum absolute atomic E-state index is 11.6. The van der Waals surface area contributed by atoms with Crippen molar-refractivity contribution in [2.45, 2.75) is 73.1 Å². The zero-order chi connectivity index (χ0) is 18.5. The Labute approximate surface area is 147 Å². The lowest BCUT2D eigenvalue weighted by atomic mass is 10.1. The minimum absolute atomic E-state index is 0.229. The van der Waals surface area contributed by atoms with Crippen molar-refractivity contribution in [3.8, 4) is 0 Å². The lowest BCUT2D eigenvalue weighted by Gasteiger charge is -2.26. The Balaban J connectivity index is 0.000000561. The zero-order valence-electron chi connectivity index (χ0n) is 16.3. The number of hydrogen-bond acceptors (Lipinski definition) is 3. The Bertz CT molecular complexity index is 454. The lowest BCUT2D eigenvalue weighted by molar-refractivity contribution is -0.121. The molecule has 0 aliphatic carbocycles. The first-order chi connectivity index (χ1) is 11.3. The van der Waals surface area contributed by atoms with Crippen LogP contribution < -0.4 is 5.32 Å². The molecule has 1 N–H and O–H groups in total. The standard InChI is InChI=1S/C11H17N3O2.C8H18/c1-4-8(2)7-9(12-3)14-6-5-10(15)13-11(14)16;1-4-5-6-7-8(2)3/h7H,4-6H2,1-3H3,(H,13,15,16);8H,4-7H2,1-3H3/b8-7+,12-9?;. The summed E-state index contributed by atoms with van der Waals surface area (Å²) in [6, 6.07) is -0.392. The number of allylic oxidation sites excluding steroid dienone is 1. The summed E-state index contributed by atoms with van der Waals surface area (Å²) in [5.74, 6) is 1.28. The third kappa shape index (κ3) is 9.48. The van der Waals surface area contributed by atoms with Gasteiger partial charge in [0.05, 0.1) is 0 Å². The first-order valence-electron chi connectivity index (χ1n) is 9.10. The third-order valence-electron chi connectivity index (χ3n) is 3.88. The van der Waals surface area contributed by atoms with E-state index >= 15 is 0 Å². The van der Waals surface area contributed by atoms with Crippen molar-refractivity contribution in [2.75, 3.05) is 13.6 Å². The number of rotatable bonds is 6. The van der Waals surface area contributed by atoms with Gasteiger partial charge in [-0.05, 0) is 25.3 Å². The number of urea groups is 1. The van der Waals surface area contributed by atoms with Crippen molar-refractivity contribution in [1.82, 2.24) is 10.2 Å². The van der Waals surface area contributed by atoms with Gasteiger partial charge in [-0.2, -0.15) is 0 Å². The molecule has 1 fully saturated rings. The van der Waals surface area contributed by atoms with E-state index in [2.05, 4.69) is 31.1 Å². The lowest BCUT2D eigenvalue weighted by Crippen LogP contribution is -2.51. The van der Waals surface area contributed by atoms with Gasteiger partial charge in [0.15, 0.2) is 0 Å². The summed E-state index contributed by atoms with van der Waals surface area (Å²) < 4.78 is 0. The highest BCUT2D eigenvalue weighted by Crippen LogP contribution is 2.07. The van der Waals surface area contributed by atoms with Crippen molar-refractivity contribution in [3.05, 3.63) is 11.6 Å². The van der Waals surface area contributed by atoms with Crippen LogP contribution in [-0.4, -0.2) is 36.3 Å². The molecule has 0 unspecified atom stereocenters. The highest BCUT2D eigenvalue weighted by molar-refractivity contribution is 6.09. The molecule has 24 heavy (non-hydrogen) atoms. The van der Waals surface area contributed by atoms with Gasteiger partial charge < -0.3 is 0 Å². The van der Waals surface area contributed by atoms with Gasteiger partial charge in [0.1, 0.15) is 5.84 Å². The maximum Gasteiger partial charge on any atom is 0.329 e. The second-order valence-electron chi connectivity index (χ2n) is 6.57. The average Bonchev–Trinajstić information content (AvgIpc) is 2.53.